The first-order valence-corrected chi connectivity index (χ1v) is 8.84. The Morgan fingerprint density at radius 2 is 2.05 bits per heavy atom. The molecular formula is C15H19BrN4S. The predicted octanol–water partition coefficient (Wildman–Crippen LogP) is 3.40. The van der Waals surface area contributed by atoms with E-state index in [9.17, 15) is 0 Å². The first-order chi connectivity index (χ1) is 10.2. The molecule has 1 aliphatic rings. The van der Waals surface area contributed by atoms with Gasteiger partial charge in [-0.1, -0.05) is 0 Å². The van der Waals surface area contributed by atoms with Crippen LogP contribution in [0, 0.1) is 5.92 Å². The second kappa shape index (κ2) is 6.85. The van der Waals surface area contributed by atoms with Crippen LogP contribution >= 0.6 is 27.3 Å². The van der Waals surface area contributed by atoms with Gasteiger partial charge in [0.1, 0.15) is 5.69 Å². The lowest BCUT2D eigenvalue weighted by Gasteiger charge is -2.27. The summed E-state index contributed by atoms with van der Waals surface area (Å²) < 4.78 is 1.12. The van der Waals surface area contributed by atoms with Gasteiger partial charge in [-0.2, -0.15) is 0 Å². The van der Waals surface area contributed by atoms with Gasteiger partial charge in [0.15, 0.2) is 5.82 Å². The molecule has 2 aromatic heterocycles. The average Bonchev–Trinajstić information content (AvgIpc) is 2.95. The number of thiophene rings is 1. The molecule has 1 saturated heterocycles. The van der Waals surface area contributed by atoms with Crippen LogP contribution in [-0.4, -0.2) is 36.9 Å². The number of hydrogen-bond donors (Lipinski definition) is 1. The fraction of sp³-hybridized carbons (Fsp3) is 0.467. The van der Waals surface area contributed by atoms with Crippen LogP contribution in [0.1, 0.15) is 12.8 Å². The average molecular weight is 367 g/mol. The van der Waals surface area contributed by atoms with Crippen LogP contribution in [0.25, 0.3) is 10.6 Å². The van der Waals surface area contributed by atoms with Crippen molar-refractivity contribution in [3.63, 3.8) is 0 Å². The topological polar surface area (TPSA) is 41.0 Å². The van der Waals surface area contributed by atoms with Crippen LogP contribution in [0.2, 0.25) is 0 Å². The molecule has 0 aliphatic carbocycles. The van der Waals surface area contributed by atoms with Crippen molar-refractivity contribution in [2.24, 2.45) is 5.92 Å². The van der Waals surface area contributed by atoms with Gasteiger partial charge >= 0.3 is 0 Å². The Morgan fingerprint density at radius 1 is 1.24 bits per heavy atom. The van der Waals surface area contributed by atoms with Crippen molar-refractivity contribution in [1.82, 2.24) is 15.5 Å². The fourth-order valence-electron chi connectivity index (χ4n) is 2.66. The van der Waals surface area contributed by atoms with Crippen molar-refractivity contribution < 1.29 is 0 Å². The molecule has 1 fully saturated rings. The number of nitrogens with one attached hydrogen (secondary N) is 1. The van der Waals surface area contributed by atoms with Gasteiger partial charge in [0.2, 0.25) is 0 Å². The lowest BCUT2D eigenvalue weighted by molar-refractivity contribution is 0.377. The minimum absolute atomic E-state index is 0.756. The third kappa shape index (κ3) is 3.81. The zero-order chi connectivity index (χ0) is 14.7. The van der Waals surface area contributed by atoms with Crippen LogP contribution in [0.4, 0.5) is 5.82 Å². The van der Waals surface area contributed by atoms with Gasteiger partial charge in [0.25, 0.3) is 0 Å². The number of anilines is 1. The van der Waals surface area contributed by atoms with Crippen molar-refractivity contribution in [2.45, 2.75) is 12.8 Å². The summed E-state index contributed by atoms with van der Waals surface area (Å²) in [5.74, 6) is 1.71. The number of hydrogen-bond acceptors (Lipinski definition) is 5. The molecule has 0 aromatic carbocycles. The Labute approximate surface area is 137 Å². The number of piperidine rings is 1. The predicted molar refractivity (Wildman–Crippen MR) is 91.9 cm³/mol. The molecule has 0 radical (unpaired) electrons. The van der Waals surface area contributed by atoms with E-state index in [1.807, 2.05) is 6.07 Å². The smallest absolute Gasteiger partial charge is 0.151 e. The Kier molecular flexibility index (Phi) is 4.87. The molecule has 6 heteroatoms. The summed E-state index contributed by atoms with van der Waals surface area (Å²) in [7, 11) is 2.10. The Balaban J connectivity index is 1.65. The van der Waals surface area contributed by atoms with Crippen LogP contribution < -0.4 is 10.2 Å². The summed E-state index contributed by atoms with van der Waals surface area (Å²) >= 11 is 5.16. The minimum atomic E-state index is 0.756. The molecule has 4 nitrogen and oxygen atoms in total. The van der Waals surface area contributed by atoms with E-state index in [2.05, 4.69) is 61.6 Å². The standard InChI is InChI=1S/C15H19BrN4S/c1-20(10-11-6-8-17-9-7-11)15-5-2-12(18-19-15)13-3-4-14(16)21-13/h2-5,11,17H,6-10H2,1H3. The van der Waals surface area contributed by atoms with E-state index < -0.39 is 0 Å². The minimum Gasteiger partial charge on any atom is -0.358 e. The van der Waals surface area contributed by atoms with Gasteiger partial charge in [0, 0.05) is 13.6 Å². The van der Waals surface area contributed by atoms with E-state index >= 15 is 0 Å². The van der Waals surface area contributed by atoms with E-state index in [1.165, 1.54) is 12.8 Å². The quantitative estimate of drug-likeness (QED) is 0.899. The molecule has 3 heterocycles. The summed E-state index contributed by atoms with van der Waals surface area (Å²) in [5, 5.41) is 12.1. The molecule has 0 unspecified atom stereocenters. The van der Waals surface area contributed by atoms with Gasteiger partial charge in [-0.3, -0.25) is 0 Å². The molecule has 0 bridgehead atoms. The van der Waals surface area contributed by atoms with Crippen LogP contribution in [-0.2, 0) is 0 Å². The Morgan fingerprint density at radius 3 is 2.67 bits per heavy atom. The molecule has 1 aliphatic heterocycles. The lowest BCUT2D eigenvalue weighted by atomic mass is 9.98. The summed E-state index contributed by atoms with van der Waals surface area (Å²) in [6.45, 7) is 3.33. The normalized spacial score (nSPS) is 16.1. The van der Waals surface area contributed by atoms with E-state index in [-0.39, 0.29) is 0 Å². The first-order valence-electron chi connectivity index (χ1n) is 7.23. The highest BCUT2D eigenvalue weighted by Gasteiger charge is 2.16. The van der Waals surface area contributed by atoms with Gasteiger partial charge < -0.3 is 10.2 Å². The third-order valence-corrected chi connectivity index (χ3v) is 5.50. The van der Waals surface area contributed by atoms with Crippen molar-refractivity contribution in [3.05, 3.63) is 28.1 Å². The van der Waals surface area contributed by atoms with Crippen molar-refractivity contribution in [2.75, 3.05) is 31.6 Å². The van der Waals surface area contributed by atoms with Crippen molar-refractivity contribution in [3.8, 4) is 10.6 Å². The largest absolute Gasteiger partial charge is 0.358 e. The number of halogens is 1. The lowest BCUT2D eigenvalue weighted by Crippen LogP contribution is -2.34. The molecule has 0 atom stereocenters. The summed E-state index contributed by atoms with van der Waals surface area (Å²) in [5.41, 5.74) is 0.935. The van der Waals surface area contributed by atoms with Crippen LogP contribution in [0.15, 0.2) is 28.1 Å². The maximum atomic E-state index is 4.38. The fourth-order valence-corrected chi connectivity index (χ4v) is 4.01. The second-order valence-corrected chi connectivity index (χ2v) is 7.92. The number of nitrogens with zero attached hydrogens (tertiary/aromatic N) is 3. The molecular weight excluding hydrogens is 348 g/mol. The molecule has 1 N–H and O–H groups in total. The number of aromatic nitrogens is 2. The molecule has 0 saturated carbocycles. The summed E-state index contributed by atoms with van der Waals surface area (Å²) in [6.07, 6.45) is 2.50. The molecule has 21 heavy (non-hydrogen) atoms. The summed E-state index contributed by atoms with van der Waals surface area (Å²) in [6, 6.07) is 8.23. The second-order valence-electron chi connectivity index (χ2n) is 5.45. The van der Waals surface area contributed by atoms with Crippen LogP contribution in [0.3, 0.4) is 0 Å². The highest BCUT2D eigenvalue weighted by molar-refractivity contribution is 9.11. The molecule has 3 rings (SSSR count). The molecule has 2 aromatic rings. The first kappa shape index (κ1) is 14.9. The van der Waals surface area contributed by atoms with E-state index in [1.54, 1.807) is 11.3 Å². The Bertz CT molecular complexity index is 578. The molecule has 112 valence electrons. The van der Waals surface area contributed by atoms with E-state index in [4.69, 9.17) is 0 Å². The molecule has 0 amide bonds. The third-order valence-electron chi connectivity index (χ3n) is 3.86. The monoisotopic (exact) mass is 366 g/mol. The SMILES string of the molecule is CN(CC1CCNCC1)c1ccc(-c2ccc(Br)s2)nn1. The van der Waals surface area contributed by atoms with Gasteiger partial charge in [0.05, 0.1) is 8.66 Å². The number of rotatable bonds is 4. The summed E-state index contributed by atoms with van der Waals surface area (Å²) in [4.78, 5) is 3.36. The van der Waals surface area contributed by atoms with E-state index in [0.717, 1.165) is 45.7 Å². The zero-order valence-corrected chi connectivity index (χ0v) is 14.5. The van der Waals surface area contributed by atoms with Crippen molar-refractivity contribution in [1.29, 1.82) is 0 Å². The van der Waals surface area contributed by atoms with Crippen LogP contribution in [0.5, 0.6) is 0 Å². The van der Waals surface area contributed by atoms with E-state index in [0.29, 0.717) is 0 Å². The molecule has 0 spiro atoms. The highest BCUT2D eigenvalue weighted by atomic mass is 79.9. The maximum absolute atomic E-state index is 4.38. The zero-order valence-electron chi connectivity index (χ0n) is 12.1. The highest BCUT2D eigenvalue weighted by Crippen LogP contribution is 2.30. The Hall–Kier alpha value is -0.980. The van der Waals surface area contributed by atoms with Gasteiger partial charge in [-0.05, 0) is 72.0 Å². The van der Waals surface area contributed by atoms with Gasteiger partial charge in [-0.15, -0.1) is 21.5 Å². The van der Waals surface area contributed by atoms with Gasteiger partial charge in [-0.25, -0.2) is 0 Å². The maximum Gasteiger partial charge on any atom is 0.151 e. The van der Waals surface area contributed by atoms with Crippen molar-refractivity contribution >= 4 is 33.1 Å².